The van der Waals surface area contributed by atoms with Crippen LogP contribution in [0.5, 0.6) is 11.6 Å². The Kier molecular flexibility index (Phi) is 3.18. The summed E-state index contributed by atoms with van der Waals surface area (Å²) in [6, 6.07) is 7.59. The average molecular weight is 234 g/mol. The summed E-state index contributed by atoms with van der Waals surface area (Å²) < 4.78 is 18.7. The largest absolute Gasteiger partial charge is 0.594 e. The Morgan fingerprint density at radius 1 is 1.35 bits per heavy atom. The first kappa shape index (κ1) is 11.3. The number of hydrogen-bond acceptors (Lipinski definition) is 3. The standard InChI is InChI=1S/C12H11FN2O2/c1-2-9-7-8-15(16)14-12(9)17-11-6-4-3-5-10(11)13/h3-8H,2H2,1H3. The van der Waals surface area contributed by atoms with Gasteiger partial charge < -0.3 is 9.94 Å². The number of hydrogen-bond donors (Lipinski definition) is 0. The van der Waals surface area contributed by atoms with E-state index >= 15 is 0 Å². The lowest BCUT2D eigenvalue weighted by Gasteiger charge is -2.07. The molecule has 0 aliphatic rings. The van der Waals surface area contributed by atoms with Gasteiger partial charge in [-0.1, -0.05) is 23.9 Å². The fourth-order valence-corrected chi connectivity index (χ4v) is 1.40. The number of benzene rings is 1. The summed E-state index contributed by atoms with van der Waals surface area (Å²) in [5.41, 5.74) is 0.750. The number of ether oxygens (including phenoxy) is 1. The lowest BCUT2D eigenvalue weighted by Crippen LogP contribution is -2.30. The van der Waals surface area contributed by atoms with E-state index in [1.54, 1.807) is 18.2 Å². The Morgan fingerprint density at radius 2 is 2.12 bits per heavy atom. The minimum Gasteiger partial charge on any atom is -0.594 e. The molecule has 0 amide bonds. The smallest absolute Gasteiger partial charge is 0.289 e. The zero-order valence-corrected chi connectivity index (χ0v) is 9.26. The number of halogens is 1. The molecule has 17 heavy (non-hydrogen) atoms. The van der Waals surface area contributed by atoms with Crippen molar-refractivity contribution >= 4 is 0 Å². The van der Waals surface area contributed by atoms with E-state index in [-0.39, 0.29) is 11.6 Å². The van der Waals surface area contributed by atoms with Crippen LogP contribution in [0, 0.1) is 11.0 Å². The van der Waals surface area contributed by atoms with Gasteiger partial charge >= 0.3 is 0 Å². The van der Waals surface area contributed by atoms with Crippen LogP contribution in [0.2, 0.25) is 0 Å². The van der Waals surface area contributed by atoms with Crippen LogP contribution < -0.4 is 9.58 Å². The normalized spacial score (nSPS) is 10.2. The molecule has 5 heteroatoms. The number of nitrogens with zero attached hydrogens (tertiary/aromatic N) is 2. The molecule has 0 bridgehead atoms. The fraction of sp³-hybridized carbons (Fsp3) is 0.167. The molecular formula is C12H11FN2O2. The predicted molar refractivity (Wildman–Crippen MR) is 59.0 cm³/mol. The van der Waals surface area contributed by atoms with Crippen molar-refractivity contribution < 1.29 is 14.0 Å². The quantitative estimate of drug-likeness (QED) is 0.604. The third kappa shape index (κ3) is 2.50. The second-order valence-electron chi connectivity index (χ2n) is 3.43. The molecule has 1 aromatic heterocycles. The van der Waals surface area contributed by atoms with E-state index in [0.717, 1.165) is 5.56 Å². The number of aryl methyl sites for hydroxylation is 1. The molecule has 4 nitrogen and oxygen atoms in total. The summed E-state index contributed by atoms with van der Waals surface area (Å²) in [6.45, 7) is 1.90. The van der Waals surface area contributed by atoms with Crippen molar-refractivity contribution in [1.82, 2.24) is 5.10 Å². The summed E-state index contributed by atoms with van der Waals surface area (Å²) in [5, 5.41) is 14.7. The van der Waals surface area contributed by atoms with Gasteiger partial charge in [0.25, 0.3) is 5.88 Å². The van der Waals surface area contributed by atoms with Gasteiger partial charge in [0.05, 0.1) is 5.10 Å². The number of rotatable bonds is 3. The van der Waals surface area contributed by atoms with Crippen LogP contribution in [-0.2, 0) is 6.42 Å². The van der Waals surface area contributed by atoms with Gasteiger partial charge in [0.2, 0.25) is 6.20 Å². The Morgan fingerprint density at radius 3 is 2.82 bits per heavy atom. The minimum atomic E-state index is -0.488. The first-order valence-electron chi connectivity index (χ1n) is 5.22. The molecule has 88 valence electrons. The van der Waals surface area contributed by atoms with E-state index < -0.39 is 5.82 Å². The van der Waals surface area contributed by atoms with E-state index in [0.29, 0.717) is 11.3 Å². The summed E-state index contributed by atoms with van der Waals surface area (Å²) in [4.78, 5) is 0.384. The summed E-state index contributed by atoms with van der Waals surface area (Å²) >= 11 is 0. The highest BCUT2D eigenvalue weighted by molar-refractivity contribution is 5.31. The Balaban J connectivity index is 2.35. The van der Waals surface area contributed by atoms with E-state index in [9.17, 15) is 9.60 Å². The second kappa shape index (κ2) is 4.78. The molecule has 2 rings (SSSR count). The van der Waals surface area contributed by atoms with Crippen LogP contribution in [0.3, 0.4) is 0 Å². The maximum atomic E-state index is 13.4. The van der Waals surface area contributed by atoms with Gasteiger partial charge in [-0.05, 0) is 18.6 Å². The topological polar surface area (TPSA) is 49.1 Å². The predicted octanol–water partition coefficient (Wildman–Crippen LogP) is 2.21. The Bertz CT molecular complexity index is 532. The van der Waals surface area contributed by atoms with Crippen molar-refractivity contribution in [2.75, 3.05) is 0 Å². The molecule has 2 aromatic rings. The summed E-state index contributed by atoms with van der Waals surface area (Å²) in [5.74, 6) is -0.298. The molecule has 0 fully saturated rings. The third-order valence-corrected chi connectivity index (χ3v) is 2.29. The molecule has 0 saturated heterocycles. The molecule has 0 unspecified atom stereocenters. The SMILES string of the molecule is CCc1cc[n+]([O-])nc1Oc1ccccc1F. The van der Waals surface area contributed by atoms with Gasteiger partial charge in [-0.25, -0.2) is 4.39 Å². The molecule has 0 saturated carbocycles. The lowest BCUT2D eigenvalue weighted by atomic mass is 10.2. The lowest BCUT2D eigenvalue weighted by molar-refractivity contribution is -0.669. The van der Waals surface area contributed by atoms with E-state index in [2.05, 4.69) is 5.10 Å². The molecule has 1 heterocycles. The summed E-state index contributed by atoms with van der Waals surface area (Å²) in [6.07, 6.45) is 1.94. The van der Waals surface area contributed by atoms with Gasteiger partial charge in [-0.3, -0.25) is 0 Å². The molecule has 0 radical (unpaired) electrons. The minimum absolute atomic E-state index is 0.0564. The zero-order valence-electron chi connectivity index (χ0n) is 9.26. The van der Waals surface area contributed by atoms with Crippen LogP contribution in [0.1, 0.15) is 12.5 Å². The van der Waals surface area contributed by atoms with Gasteiger partial charge in [-0.15, -0.1) is 0 Å². The first-order valence-corrected chi connectivity index (χ1v) is 5.22. The second-order valence-corrected chi connectivity index (χ2v) is 3.43. The highest BCUT2D eigenvalue weighted by Gasteiger charge is 2.12. The summed E-state index contributed by atoms with van der Waals surface area (Å²) in [7, 11) is 0. The van der Waals surface area contributed by atoms with Gasteiger partial charge in [-0.2, -0.15) is 0 Å². The monoisotopic (exact) mass is 234 g/mol. The molecule has 0 aliphatic carbocycles. The fourth-order valence-electron chi connectivity index (χ4n) is 1.40. The average Bonchev–Trinajstić information content (AvgIpc) is 2.32. The highest BCUT2D eigenvalue weighted by Crippen LogP contribution is 2.24. The van der Waals surface area contributed by atoms with Crippen molar-refractivity contribution in [3.05, 3.63) is 53.1 Å². The molecule has 1 aromatic carbocycles. The van der Waals surface area contributed by atoms with Gasteiger partial charge in [0.15, 0.2) is 11.6 Å². The van der Waals surface area contributed by atoms with E-state index in [1.165, 1.54) is 18.3 Å². The zero-order chi connectivity index (χ0) is 12.3. The van der Waals surface area contributed by atoms with Gasteiger partial charge in [0.1, 0.15) is 0 Å². The van der Waals surface area contributed by atoms with Crippen molar-refractivity contribution in [2.24, 2.45) is 0 Å². The van der Waals surface area contributed by atoms with Crippen LogP contribution in [0.25, 0.3) is 0 Å². The molecule has 0 aliphatic heterocycles. The van der Waals surface area contributed by atoms with E-state index in [1.807, 2.05) is 6.92 Å². The maximum absolute atomic E-state index is 13.4. The van der Waals surface area contributed by atoms with Crippen molar-refractivity contribution in [2.45, 2.75) is 13.3 Å². The highest BCUT2D eigenvalue weighted by atomic mass is 19.1. The third-order valence-electron chi connectivity index (χ3n) is 2.29. The first-order chi connectivity index (χ1) is 8.20. The van der Waals surface area contributed by atoms with Crippen molar-refractivity contribution in [3.8, 4) is 11.6 Å². The van der Waals surface area contributed by atoms with Crippen LogP contribution >= 0.6 is 0 Å². The number of para-hydroxylation sites is 1. The van der Waals surface area contributed by atoms with Gasteiger partial charge in [0, 0.05) is 11.6 Å². The molecule has 0 spiro atoms. The molecular weight excluding hydrogens is 223 g/mol. The van der Waals surface area contributed by atoms with Crippen LogP contribution in [0.15, 0.2) is 36.5 Å². The Labute approximate surface area is 97.9 Å². The van der Waals surface area contributed by atoms with Crippen LogP contribution in [-0.4, -0.2) is 5.10 Å². The molecule has 0 atom stereocenters. The van der Waals surface area contributed by atoms with Crippen LogP contribution in [0.4, 0.5) is 4.39 Å². The number of aromatic nitrogens is 2. The van der Waals surface area contributed by atoms with Crippen molar-refractivity contribution in [3.63, 3.8) is 0 Å². The Hall–Kier alpha value is -2.17. The molecule has 0 N–H and O–H groups in total. The maximum Gasteiger partial charge on any atom is 0.289 e. The van der Waals surface area contributed by atoms with Crippen molar-refractivity contribution in [1.29, 1.82) is 0 Å². The van der Waals surface area contributed by atoms with E-state index in [4.69, 9.17) is 4.74 Å².